The monoisotopic (exact) mass is 248 g/mol. The topological polar surface area (TPSA) is 20.2 Å². The predicted molar refractivity (Wildman–Crippen MR) is 79.4 cm³/mol. The SMILES string of the molecule is CC(O)(C#Cc1ccccc1)/C=C/c1ccccc1. The van der Waals surface area contributed by atoms with Gasteiger partial charge in [0.25, 0.3) is 0 Å². The summed E-state index contributed by atoms with van der Waals surface area (Å²) in [5.74, 6) is 5.83. The molecule has 0 bridgehead atoms. The number of hydrogen-bond acceptors (Lipinski definition) is 1. The van der Waals surface area contributed by atoms with Crippen molar-refractivity contribution in [3.8, 4) is 11.8 Å². The van der Waals surface area contributed by atoms with Crippen molar-refractivity contribution in [2.45, 2.75) is 12.5 Å². The second-order valence-corrected chi connectivity index (χ2v) is 4.51. The van der Waals surface area contributed by atoms with Crippen molar-refractivity contribution in [1.82, 2.24) is 0 Å². The zero-order valence-corrected chi connectivity index (χ0v) is 10.9. The first-order valence-corrected chi connectivity index (χ1v) is 6.21. The first kappa shape index (κ1) is 13.1. The van der Waals surface area contributed by atoms with E-state index in [0.29, 0.717) is 0 Å². The van der Waals surface area contributed by atoms with Crippen LogP contribution in [0.3, 0.4) is 0 Å². The molecule has 1 N–H and O–H groups in total. The molecule has 0 fully saturated rings. The van der Waals surface area contributed by atoms with Crippen molar-refractivity contribution in [1.29, 1.82) is 0 Å². The van der Waals surface area contributed by atoms with Gasteiger partial charge < -0.3 is 5.11 Å². The molecule has 94 valence electrons. The van der Waals surface area contributed by atoms with Gasteiger partial charge in [-0.3, -0.25) is 0 Å². The van der Waals surface area contributed by atoms with Crippen LogP contribution in [0, 0.1) is 11.8 Å². The average molecular weight is 248 g/mol. The Bertz CT molecular complexity index is 598. The number of aliphatic hydroxyl groups is 1. The molecule has 2 rings (SSSR count). The van der Waals surface area contributed by atoms with Gasteiger partial charge in [0.1, 0.15) is 5.60 Å². The quantitative estimate of drug-likeness (QED) is 0.806. The van der Waals surface area contributed by atoms with Gasteiger partial charge >= 0.3 is 0 Å². The Kier molecular flexibility index (Phi) is 4.18. The van der Waals surface area contributed by atoms with Crippen LogP contribution in [0.15, 0.2) is 66.7 Å². The Balaban J connectivity index is 2.11. The van der Waals surface area contributed by atoms with E-state index in [4.69, 9.17) is 0 Å². The number of benzene rings is 2. The van der Waals surface area contributed by atoms with Gasteiger partial charge in [0.05, 0.1) is 0 Å². The molecule has 2 aromatic carbocycles. The fourth-order valence-corrected chi connectivity index (χ4v) is 1.58. The van der Waals surface area contributed by atoms with Crippen LogP contribution < -0.4 is 0 Å². The van der Waals surface area contributed by atoms with Crippen LogP contribution in [0.4, 0.5) is 0 Å². The molecule has 0 heterocycles. The van der Waals surface area contributed by atoms with E-state index in [0.717, 1.165) is 11.1 Å². The first-order valence-electron chi connectivity index (χ1n) is 6.21. The zero-order chi connectivity index (χ0) is 13.6. The van der Waals surface area contributed by atoms with E-state index >= 15 is 0 Å². The lowest BCUT2D eigenvalue weighted by Crippen LogP contribution is -2.17. The van der Waals surface area contributed by atoms with Crippen LogP contribution in [0.1, 0.15) is 18.1 Å². The van der Waals surface area contributed by atoms with Gasteiger partial charge in [-0.05, 0) is 30.7 Å². The highest BCUT2D eigenvalue weighted by Crippen LogP contribution is 2.09. The maximum Gasteiger partial charge on any atom is 0.142 e. The number of hydrogen-bond donors (Lipinski definition) is 1. The van der Waals surface area contributed by atoms with Crippen LogP contribution in [0.25, 0.3) is 6.08 Å². The molecule has 1 atom stereocenters. The fraction of sp³-hybridized carbons (Fsp3) is 0.111. The van der Waals surface area contributed by atoms with E-state index in [1.54, 1.807) is 13.0 Å². The van der Waals surface area contributed by atoms with E-state index in [-0.39, 0.29) is 0 Å². The third kappa shape index (κ3) is 4.46. The molecule has 0 radical (unpaired) electrons. The summed E-state index contributed by atoms with van der Waals surface area (Å²) < 4.78 is 0. The van der Waals surface area contributed by atoms with Gasteiger partial charge in [-0.15, -0.1) is 0 Å². The van der Waals surface area contributed by atoms with Gasteiger partial charge in [-0.1, -0.05) is 66.4 Å². The smallest absolute Gasteiger partial charge is 0.142 e. The maximum atomic E-state index is 10.2. The molecule has 1 nitrogen and oxygen atoms in total. The van der Waals surface area contributed by atoms with Gasteiger partial charge in [-0.2, -0.15) is 0 Å². The molecular formula is C18H16O. The molecule has 0 aliphatic rings. The van der Waals surface area contributed by atoms with Gasteiger partial charge in [0, 0.05) is 5.56 Å². The minimum atomic E-state index is -1.13. The van der Waals surface area contributed by atoms with Crippen LogP contribution in [-0.4, -0.2) is 10.7 Å². The highest BCUT2D eigenvalue weighted by atomic mass is 16.3. The minimum Gasteiger partial charge on any atom is -0.374 e. The standard InChI is InChI=1S/C18H16O/c1-18(19,14-12-16-8-4-2-5-9-16)15-13-17-10-6-3-7-11-17/h2-12,14,19H,1H3/b14-12+. The van der Waals surface area contributed by atoms with E-state index in [1.807, 2.05) is 66.7 Å². The predicted octanol–water partition coefficient (Wildman–Crippen LogP) is 3.50. The summed E-state index contributed by atoms with van der Waals surface area (Å²) in [6, 6.07) is 19.5. The Labute approximate surface area is 114 Å². The summed E-state index contributed by atoms with van der Waals surface area (Å²) in [6.07, 6.45) is 3.58. The van der Waals surface area contributed by atoms with Crippen molar-refractivity contribution < 1.29 is 5.11 Å². The Hall–Kier alpha value is -2.30. The molecule has 2 aromatic rings. The molecule has 0 aromatic heterocycles. The molecule has 19 heavy (non-hydrogen) atoms. The van der Waals surface area contributed by atoms with E-state index in [1.165, 1.54) is 0 Å². The van der Waals surface area contributed by atoms with Crippen LogP contribution in [0.2, 0.25) is 0 Å². The molecule has 0 aliphatic heterocycles. The van der Waals surface area contributed by atoms with E-state index < -0.39 is 5.60 Å². The Morgan fingerprint density at radius 2 is 1.53 bits per heavy atom. The lowest BCUT2D eigenvalue weighted by Gasteiger charge is -2.09. The highest BCUT2D eigenvalue weighted by molar-refractivity contribution is 5.52. The molecule has 0 aliphatic carbocycles. The summed E-state index contributed by atoms with van der Waals surface area (Å²) in [6.45, 7) is 1.68. The average Bonchev–Trinajstić information content (AvgIpc) is 2.46. The third-order valence-electron chi connectivity index (χ3n) is 2.63. The normalized spacial score (nSPS) is 13.6. The molecule has 0 saturated carbocycles. The van der Waals surface area contributed by atoms with Gasteiger partial charge in [-0.25, -0.2) is 0 Å². The largest absolute Gasteiger partial charge is 0.374 e. The number of rotatable bonds is 2. The van der Waals surface area contributed by atoms with Crippen LogP contribution in [-0.2, 0) is 0 Å². The van der Waals surface area contributed by atoms with Crippen LogP contribution >= 0.6 is 0 Å². The second kappa shape index (κ2) is 6.04. The molecular weight excluding hydrogens is 232 g/mol. The van der Waals surface area contributed by atoms with E-state index in [9.17, 15) is 5.11 Å². The van der Waals surface area contributed by atoms with Crippen molar-refractivity contribution in [3.63, 3.8) is 0 Å². The van der Waals surface area contributed by atoms with Crippen molar-refractivity contribution in [2.75, 3.05) is 0 Å². The summed E-state index contributed by atoms with van der Waals surface area (Å²) >= 11 is 0. The third-order valence-corrected chi connectivity index (χ3v) is 2.63. The van der Waals surface area contributed by atoms with Gasteiger partial charge in [0.2, 0.25) is 0 Å². The molecule has 0 spiro atoms. The maximum absolute atomic E-state index is 10.2. The highest BCUT2D eigenvalue weighted by Gasteiger charge is 2.10. The Morgan fingerprint density at radius 3 is 2.16 bits per heavy atom. The summed E-state index contributed by atoms with van der Waals surface area (Å²) in [4.78, 5) is 0. The lowest BCUT2D eigenvalue weighted by molar-refractivity contribution is 0.175. The summed E-state index contributed by atoms with van der Waals surface area (Å²) in [5, 5.41) is 10.2. The lowest BCUT2D eigenvalue weighted by atomic mass is 10.0. The van der Waals surface area contributed by atoms with Gasteiger partial charge in [0.15, 0.2) is 0 Å². The summed E-state index contributed by atoms with van der Waals surface area (Å²) in [7, 11) is 0. The van der Waals surface area contributed by atoms with Crippen molar-refractivity contribution >= 4 is 6.08 Å². The Morgan fingerprint density at radius 1 is 0.947 bits per heavy atom. The fourth-order valence-electron chi connectivity index (χ4n) is 1.58. The van der Waals surface area contributed by atoms with Crippen molar-refractivity contribution in [3.05, 3.63) is 77.9 Å². The van der Waals surface area contributed by atoms with Crippen LogP contribution in [0.5, 0.6) is 0 Å². The zero-order valence-electron chi connectivity index (χ0n) is 10.9. The van der Waals surface area contributed by atoms with Crippen molar-refractivity contribution in [2.24, 2.45) is 0 Å². The minimum absolute atomic E-state index is 0.899. The second-order valence-electron chi connectivity index (χ2n) is 4.51. The molecule has 1 heteroatoms. The first-order chi connectivity index (χ1) is 9.16. The van der Waals surface area contributed by atoms with E-state index in [2.05, 4.69) is 11.8 Å². The molecule has 0 saturated heterocycles. The molecule has 1 unspecified atom stereocenters. The summed E-state index contributed by atoms with van der Waals surface area (Å²) in [5.41, 5.74) is 0.811. The molecule has 0 amide bonds.